The van der Waals surface area contributed by atoms with Crippen molar-refractivity contribution in [3.63, 3.8) is 0 Å². The summed E-state index contributed by atoms with van der Waals surface area (Å²) in [6.07, 6.45) is 1.54. The van der Waals surface area contributed by atoms with Gasteiger partial charge in [-0.1, -0.05) is 23.4 Å². The molecule has 0 atom stereocenters. The van der Waals surface area contributed by atoms with E-state index in [1.54, 1.807) is 13.1 Å². The van der Waals surface area contributed by atoms with Gasteiger partial charge in [0.05, 0.1) is 16.3 Å². The predicted octanol–water partition coefficient (Wildman–Crippen LogP) is 1.45. The van der Waals surface area contributed by atoms with E-state index >= 15 is 0 Å². The highest BCUT2D eigenvalue weighted by Crippen LogP contribution is 2.19. The number of halogens is 1. The highest BCUT2D eigenvalue weighted by molar-refractivity contribution is 7.99. The summed E-state index contributed by atoms with van der Waals surface area (Å²) < 4.78 is 0. The summed E-state index contributed by atoms with van der Waals surface area (Å²) in [7, 11) is 1.60. The standard InChI is InChI=1S/C9H9ClN4OS/c1-11-7(15)4-16-9-13-6-2-5(10)3-12-8(6)14-9/h2-3H,4H2,1H3,(H,11,15)(H,12,13,14). The fraction of sp³-hybridized carbons (Fsp3) is 0.222. The van der Waals surface area contributed by atoms with E-state index in [-0.39, 0.29) is 5.91 Å². The summed E-state index contributed by atoms with van der Waals surface area (Å²) in [5.41, 5.74) is 1.37. The Morgan fingerprint density at radius 2 is 2.50 bits per heavy atom. The van der Waals surface area contributed by atoms with E-state index in [1.807, 2.05) is 0 Å². The monoisotopic (exact) mass is 256 g/mol. The van der Waals surface area contributed by atoms with Crippen LogP contribution < -0.4 is 5.32 Å². The van der Waals surface area contributed by atoms with E-state index in [0.29, 0.717) is 21.6 Å². The lowest BCUT2D eigenvalue weighted by Crippen LogP contribution is -2.19. The number of carbonyl (C=O) groups is 1. The zero-order chi connectivity index (χ0) is 11.5. The first-order chi connectivity index (χ1) is 7.69. The fourth-order valence-corrected chi connectivity index (χ4v) is 2.03. The van der Waals surface area contributed by atoms with Crippen molar-refractivity contribution in [1.82, 2.24) is 20.3 Å². The molecular weight excluding hydrogens is 248 g/mol. The van der Waals surface area contributed by atoms with Gasteiger partial charge in [0, 0.05) is 13.2 Å². The first kappa shape index (κ1) is 11.2. The van der Waals surface area contributed by atoms with Crippen LogP contribution in [0.4, 0.5) is 0 Å². The normalized spacial score (nSPS) is 10.6. The molecule has 0 aliphatic rings. The van der Waals surface area contributed by atoms with Crippen molar-refractivity contribution in [1.29, 1.82) is 0 Å². The van der Waals surface area contributed by atoms with Crippen LogP contribution in [-0.4, -0.2) is 33.7 Å². The van der Waals surface area contributed by atoms with Gasteiger partial charge in [-0.15, -0.1) is 0 Å². The zero-order valence-corrected chi connectivity index (χ0v) is 10.0. The molecule has 0 spiro atoms. The average Bonchev–Trinajstić information content (AvgIpc) is 2.67. The fourth-order valence-electron chi connectivity index (χ4n) is 1.13. The van der Waals surface area contributed by atoms with Gasteiger partial charge < -0.3 is 10.3 Å². The first-order valence-corrected chi connectivity index (χ1v) is 5.90. The van der Waals surface area contributed by atoms with E-state index in [9.17, 15) is 4.79 Å². The maximum Gasteiger partial charge on any atom is 0.230 e. The Morgan fingerprint density at radius 1 is 1.69 bits per heavy atom. The molecule has 7 heteroatoms. The second-order valence-corrected chi connectivity index (χ2v) is 4.43. The smallest absolute Gasteiger partial charge is 0.230 e. The van der Waals surface area contributed by atoms with Crippen molar-refractivity contribution in [2.45, 2.75) is 5.16 Å². The number of hydrogen-bond acceptors (Lipinski definition) is 4. The maximum absolute atomic E-state index is 11.0. The minimum absolute atomic E-state index is 0.0450. The molecule has 0 aliphatic carbocycles. The lowest BCUT2D eigenvalue weighted by molar-refractivity contribution is -0.118. The number of amides is 1. The lowest BCUT2D eigenvalue weighted by atomic mass is 10.4. The van der Waals surface area contributed by atoms with Crippen LogP contribution in [0.15, 0.2) is 17.4 Å². The maximum atomic E-state index is 11.0. The molecule has 2 rings (SSSR count). The zero-order valence-electron chi connectivity index (χ0n) is 8.45. The Bertz CT molecular complexity index is 527. The van der Waals surface area contributed by atoms with E-state index in [2.05, 4.69) is 20.3 Å². The first-order valence-electron chi connectivity index (χ1n) is 4.53. The molecule has 2 aromatic rings. The van der Waals surface area contributed by atoms with Crippen molar-refractivity contribution >= 4 is 40.4 Å². The largest absolute Gasteiger partial charge is 0.358 e. The molecule has 1 amide bonds. The van der Waals surface area contributed by atoms with Gasteiger partial charge in [-0.25, -0.2) is 9.97 Å². The van der Waals surface area contributed by atoms with Gasteiger partial charge in [0.15, 0.2) is 10.8 Å². The summed E-state index contributed by atoms with van der Waals surface area (Å²) >= 11 is 7.12. The van der Waals surface area contributed by atoms with Crippen LogP contribution in [0.2, 0.25) is 5.02 Å². The molecule has 0 saturated heterocycles. The van der Waals surface area contributed by atoms with E-state index in [4.69, 9.17) is 11.6 Å². The number of rotatable bonds is 3. The molecular formula is C9H9ClN4OS. The van der Waals surface area contributed by atoms with E-state index < -0.39 is 0 Å². The molecule has 0 radical (unpaired) electrons. The number of carbonyl (C=O) groups excluding carboxylic acids is 1. The minimum atomic E-state index is -0.0450. The molecule has 0 bridgehead atoms. The molecule has 84 valence electrons. The number of thioether (sulfide) groups is 1. The Labute approximate surface area is 101 Å². The van der Waals surface area contributed by atoms with Gasteiger partial charge in [-0.3, -0.25) is 4.79 Å². The molecule has 0 aliphatic heterocycles. The third-order valence-electron chi connectivity index (χ3n) is 1.90. The number of pyridine rings is 1. The van der Waals surface area contributed by atoms with Gasteiger partial charge in [-0.05, 0) is 6.07 Å². The van der Waals surface area contributed by atoms with Crippen LogP contribution in [-0.2, 0) is 4.79 Å². The summed E-state index contributed by atoms with van der Waals surface area (Å²) in [5.74, 6) is 0.279. The summed E-state index contributed by atoms with van der Waals surface area (Å²) in [4.78, 5) is 22.4. The van der Waals surface area contributed by atoms with Crippen LogP contribution in [0, 0.1) is 0 Å². The molecule has 2 N–H and O–H groups in total. The van der Waals surface area contributed by atoms with Crippen molar-refractivity contribution in [2.75, 3.05) is 12.8 Å². The predicted molar refractivity (Wildman–Crippen MR) is 63.7 cm³/mol. The number of fused-ring (bicyclic) bond motifs is 1. The molecule has 2 aromatic heterocycles. The highest BCUT2D eigenvalue weighted by Gasteiger charge is 2.06. The van der Waals surface area contributed by atoms with Crippen molar-refractivity contribution < 1.29 is 4.79 Å². The van der Waals surface area contributed by atoms with Crippen LogP contribution >= 0.6 is 23.4 Å². The number of nitrogens with one attached hydrogen (secondary N) is 2. The summed E-state index contributed by atoms with van der Waals surface area (Å²) in [6.45, 7) is 0. The van der Waals surface area contributed by atoms with Crippen LogP contribution in [0.1, 0.15) is 0 Å². The van der Waals surface area contributed by atoms with Crippen molar-refractivity contribution in [3.05, 3.63) is 17.3 Å². The number of aromatic amines is 1. The third kappa shape index (κ3) is 2.45. The van der Waals surface area contributed by atoms with E-state index in [0.717, 1.165) is 5.52 Å². The van der Waals surface area contributed by atoms with Gasteiger partial charge in [0.1, 0.15) is 0 Å². The second-order valence-electron chi connectivity index (χ2n) is 3.03. The lowest BCUT2D eigenvalue weighted by Gasteiger charge is -1.95. The molecule has 5 nitrogen and oxygen atoms in total. The minimum Gasteiger partial charge on any atom is -0.358 e. The summed E-state index contributed by atoms with van der Waals surface area (Å²) in [5, 5.41) is 3.76. The number of H-pyrrole nitrogens is 1. The van der Waals surface area contributed by atoms with Crippen LogP contribution in [0.5, 0.6) is 0 Å². The molecule has 0 fully saturated rings. The number of imidazole rings is 1. The van der Waals surface area contributed by atoms with Gasteiger partial charge >= 0.3 is 0 Å². The van der Waals surface area contributed by atoms with Gasteiger partial charge in [0.2, 0.25) is 5.91 Å². The number of aromatic nitrogens is 3. The quantitative estimate of drug-likeness (QED) is 0.816. The Balaban J connectivity index is 2.16. The second kappa shape index (κ2) is 4.71. The molecule has 0 aromatic carbocycles. The Morgan fingerprint density at radius 3 is 3.25 bits per heavy atom. The number of nitrogens with zero attached hydrogens (tertiary/aromatic N) is 2. The molecule has 2 heterocycles. The average molecular weight is 257 g/mol. The van der Waals surface area contributed by atoms with Gasteiger partial charge in [0.25, 0.3) is 0 Å². The SMILES string of the molecule is CNC(=O)CSc1nc2ncc(Cl)cc2[nH]1. The van der Waals surface area contributed by atoms with Crippen molar-refractivity contribution in [3.8, 4) is 0 Å². The van der Waals surface area contributed by atoms with Gasteiger partial charge in [-0.2, -0.15) is 0 Å². The Kier molecular flexibility index (Phi) is 3.31. The van der Waals surface area contributed by atoms with Crippen molar-refractivity contribution in [2.24, 2.45) is 0 Å². The third-order valence-corrected chi connectivity index (χ3v) is 2.98. The molecule has 0 saturated carbocycles. The molecule has 16 heavy (non-hydrogen) atoms. The van der Waals surface area contributed by atoms with E-state index in [1.165, 1.54) is 18.0 Å². The Hall–Kier alpha value is -1.27. The highest BCUT2D eigenvalue weighted by atomic mass is 35.5. The molecule has 0 unspecified atom stereocenters. The summed E-state index contributed by atoms with van der Waals surface area (Å²) in [6, 6.07) is 1.75. The van der Waals surface area contributed by atoms with Crippen LogP contribution in [0.25, 0.3) is 11.2 Å². The number of hydrogen-bond donors (Lipinski definition) is 2. The topological polar surface area (TPSA) is 70.7 Å². The van der Waals surface area contributed by atoms with Crippen LogP contribution in [0.3, 0.4) is 0 Å².